The van der Waals surface area contributed by atoms with Crippen molar-refractivity contribution in [2.75, 3.05) is 14.1 Å². The highest BCUT2D eigenvalue weighted by Gasteiger charge is 2.53. The van der Waals surface area contributed by atoms with Crippen LogP contribution in [0.3, 0.4) is 0 Å². The molecule has 0 saturated carbocycles. The van der Waals surface area contributed by atoms with Crippen LogP contribution < -0.4 is 4.57 Å². The van der Waals surface area contributed by atoms with Crippen LogP contribution in [0.2, 0.25) is 0 Å². The quantitative estimate of drug-likeness (QED) is 0.760. The minimum absolute atomic E-state index is 0.241. The molecule has 1 saturated heterocycles. The molecule has 9 nitrogen and oxygen atoms in total. The minimum Gasteiger partial charge on any atom is -0.337 e. The number of amides is 3. The average molecular weight is 356 g/mol. The van der Waals surface area contributed by atoms with E-state index in [2.05, 4.69) is 14.5 Å². The maximum absolute atomic E-state index is 12.7. The Bertz CT molecular complexity index is 926. The number of hydrogen-bond acceptors (Lipinski definition) is 4. The molecule has 9 heteroatoms. The standard InChI is InChI=1S/C17H22N7O2/c1-11-12(2)24-13-14(20(3)17(26)21(4)15(13)25)19-16(24)23(11)8-5-7-22-9-6-18-10-22/h6,9-10,13H,5,7-8H2,1-4H3/q+1. The van der Waals surface area contributed by atoms with Crippen molar-refractivity contribution in [3.8, 4) is 0 Å². The summed E-state index contributed by atoms with van der Waals surface area (Å²) in [7, 11) is 3.18. The molecule has 1 unspecified atom stereocenters. The lowest BCUT2D eigenvalue weighted by Crippen LogP contribution is -2.56. The van der Waals surface area contributed by atoms with E-state index in [1.165, 1.54) is 11.9 Å². The van der Waals surface area contributed by atoms with E-state index < -0.39 is 6.04 Å². The molecule has 26 heavy (non-hydrogen) atoms. The van der Waals surface area contributed by atoms with Crippen LogP contribution in [-0.2, 0) is 17.9 Å². The number of carbonyl (C=O) groups excluding carboxylic acids is 2. The second-order valence-corrected chi connectivity index (χ2v) is 6.76. The third-order valence-corrected chi connectivity index (χ3v) is 5.30. The zero-order chi connectivity index (χ0) is 18.6. The van der Waals surface area contributed by atoms with Gasteiger partial charge in [0.05, 0.1) is 12.9 Å². The van der Waals surface area contributed by atoms with Crippen LogP contribution in [-0.4, -0.2) is 55.8 Å². The first-order valence-electron chi connectivity index (χ1n) is 8.62. The van der Waals surface area contributed by atoms with Crippen molar-refractivity contribution in [3.63, 3.8) is 0 Å². The highest BCUT2D eigenvalue weighted by molar-refractivity contribution is 6.20. The van der Waals surface area contributed by atoms with Crippen LogP contribution >= 0.6 is 0 Å². The van der Waals surface area contributed by atoms with E-state index in [4.69, 9.17) is 0 Å². The Balaban J connectivity index is 1.68. The normalized spacial score (nSPS) is 19.1. The summed E-state index contributed by atoms with van der Waals surface area (Å²) in [6.07, 6.45) is 6.42. The van der Waals surface area contributed by atoms with E-state index in [9.17, 15) is 9.59 Å². The molecule has 0 N–H and O–H groups in total. The van der Waals surface area contributed by atoms with E-state index in [1.807, 2.05) is 29.2 Å². The molecule has 0 radical (unpaired) electrons. The van der Waals surface area contributed by atoms with Crippen molar-refractivity contribution in [1.29, 1.82) is 0 Å². The predicted molar refractivity (Wildman–Crippen MR) is 93.0 cm³/mol. The molecule has 2 aliphatic heterocycles. The van der Waals surface area contributed by atoms with E-state index in [-0.39, 0.29) is 11.9 Å². The Hall–Kier alpha value is -2.97. The summed E-state index contributed by atoms with van der Waals surface area (Å²) in [6, 6.07) is -0.914. The van der Waals surface area contributed by atoms with E-state index in [0.717, 1.165) is 41.7 Å². The van der Waals surface area contributed by atoms with Crippen LogP contribution in [0.1, 0.15) is 23.9 Å². The summed E-state index contributed by atoms with van der Waals surface area (Å²) < 4.78 is 6.11. The maximum atomic E-state index is 12.7. The van der Waals surface area contributed by atoms with Gasteiger partial charge in [0.25, 0.3) is 5.91 Å². The van der Waals surface area contributed by atoms with Gasteiger partial charge in [-0.05, 0) is 20.3 Å². The van der Waals surface area contributed by atoms with E-state index in [0.29, 0.717) is 5.84 Å². The third-order valence-electron chi connectivity index (χ3n) is 5.30. The van der Waals surface area contributed by atoms with Crippen LogP contribution in [0, 0.1) is 13.8 Å². The lowest BCUT2D eigenvalue weighted by molar-refractivity contribution is -0.689. The van der Waals surface area contributed by atoms with Gasteiger partial charge in [0.2, 0.25) is 11.9 Å². The minimum atomic E-state index is -0.564. The number of carbonyl (C=O) groups is 2. The Kier molecular flexibility index (Phi) is 3.67. The summed E-state index contributed by atoms with van der Waals surface area (Å²) in [5.41, 5.74) is 2.08. The largest absolute Gasteiger partial charge is 0.402 e. The number of hydrogen-bond donors (Lipinski definition) is 0. The van der Waals surface area contributed by atoms with Crippen molar-refractivity contribution >= 4 is 23.7 Å². The second kappa shape index (κ2) is 5.79. The number of nitrogens with zero attached hydrogens (tertiary/aromatic N) is 7. The number of aryl methyl sites for hydroxylation is 1. The first-order valence-corrected chi connectivity index (χ1v) is 8.62. The van der Waals surface area contributed by atoms with Gasteiger partial charge in [0, 0.05) is 33.0 Å². The first-order chi connectivity index (χ1) is 12.4. The number of amidine groups is 1. The number of imide groups is 1. The third kappa shape index (κ3) is 2.19. The molecule has 4 heterocycles. The van der Waals surface area contributed by atoms with Crippen molar-refractivity contribution in [2.45, 2.75) is 39.4 Å². The van der Waals surface area contributed by atoms with Crippen molar-refractivity contribution in [1.82, 2.24) is 23.9 Å². The molecule has 136 valence electrons. The van der Waals surface area contributed by atoms with E-state index >= 15 is 0 Å². The monoisotopic (exact) mass is 356 g/mol. The van der Waals surface area contributed by atoms with Crippen LogP contribution in [0.5, 0.6) is 0 Å². The molecule has 0 spiro atoms. The van der Waals surface area contributed by atoms with E-state index in [1.54, 1.807) is 19.6 Å². The SMILES string of the molecule is Cc1c(C)[n+](CCCn2ccnc2)c2n1C1C(=O)N(C)C(=O)N(C)C1=N2. The van der Waals surface area contributed by atoms with Crippen LogP contribution in [0.15, 0.2) is 23.7 Å². The van der Waals surface area contributed by atoms with Gasteiger partial charge >= 0.3 is 12.0 Å². The molecule has 2 aromatic rings. The molecule has 2 aromatic heterocycles. The summed E-state index contributed by atoms with van der Waals surface area (Å²) in [5.74, 6) is 0.989. The number of urea groups is 1. The molecule has 3 amide bonds. The second-order valence-electron chi connectivity index (χ2n) is 6.76. The fourth-order valence-corrected chi connectivity index (χ4v) is 3.68. The fraction of sp³-hybridized carbons (Fsp3) is 0.471. The van der Waals surface area contributed by atoms with Crippen LogP contribution in [0.25, 0.3) is 0 Å². The first kappa shape index (κ1) is 16.5. The molecule has 1 atom stereocenters. The van der Waals surface area contributed by atoms with Gasteiger partial charge in [0.1, 0.15) is 11.4 Å². The summed E-state index contributed by atoms with van der Waals surface area (Å²) >= 11 is 0. The highest BCUT2D eigenvalue weighted by atomic mass is 16.2. The number of likely N-dealkylation sites (N-methyl/N-ethyl adjacent to an activating group) is 2. The fourth-order valence-electron chi connectivity index (χ4n) is 3.68. The molecular weight excluding hydrogens is 334 g/mol. The average Bonchev–Trinajstić information content (AvgIpc) is 3.32. The number of rotatable bonds is 4. The van der Waals surface area contributed by atoms with Gasteiger partial charge in [-0.1, -0.05) is 4.99 Å². The lowest BCUT2D eigenvalue weighted by Gasteiger charge is -2.30. The Morgan fingerprint density at radius 1 is 1.19 bits per heavy atom. The van der Waals surface area contributed by atoms with Gasteiger partial charge < -0.3 is 4.57 Å². The zero-order valence-corrected chi connectivity index (χ0v) is 15.4. The zero-order valence-electron chi connectivity index (χ0n) is 15.4. The molecule has 2 aliphatic rings. The lowest BCUT2D eigenvalue weighted by atomic mass is 10.1. The van der Waals surface area contributed by atoms with Gasteiger partial charge in [-0.25, -0.2) is 18.9 Å². The highest BCUT2D eigenvalue weighted by Crippen LogP contribution is 2.34. The van der Waals surface area contributed by atoms with Crippen molar-refractivity contribution < 1.29 is 14.2 Å². The molecular formula is C17H22N7O2+. The summed E-state index contributed by atoms with van der Waals surface area (Å²) in [5, 5.41) is 0. The summed E-state index contributed by atoms with van der Waals surface area (Å²) in [4.78, 5) is 36.3. The molecule has 0 aliphatic carbocycles. The summed E-state index contributed by atoms with van der Waals surface area (Å²) in [6.45, 7) is 5.67. The number of aliphatic imine (C=N–C) groups is 1. The molecule has 0 bridgehead atoms. The van der Waals surface area contributed by atoms with Gasteiger partial charge in [0.15, 0.2) is 0 Å². The van der Waals surface area contributed by atoms with Crippen LogP contribution in [0.4, 0.5) is 10.7 Å². The number of fused-ring (bicyclic) bond motifs is 3. The Morgan fingerprint density at radius 2 is 1.96 bits per heavy atom. The van der Waals surface area contributed by atoms with Gasteiger partial charge in [-0.3, -0.25) is 14.6 Å². The van der Waals surface area contributed by atoms with Gasteiger partial charge in [-0.2, -0.15) is 0 Å². The Morgan fingerprint density at radius 3 is 2.65 bits per heavy atom. The smallest absolute Gasteiger partial charge is 0.337 e. The number of imidazole rings is 2. The molecule has 1 fully saturated rings. The topological polar surface area (TPSA) is 79.6 Å². The number of aromatic nitrogens is 4. The van der Waals surface area contributed by atoms with Gasteiger partial charge in [-0.15, -0.1) is 0 Å². The van der Waals surface area contributed by atoms with Crippen molar-refractivity contribution in [3.05, 3.63) is 30.1 Å². The van der Waals surface area contributed by atoms with Crippen molar-refractivity contribution in [2.24, 2.45) is 4.99 Å². The molecule has 4 rings (SSSR count). The molecule has 0 aromatic carbocycles. The maximum Gasteiger partial charge on any atom is 0.402 e. The predicted octanol–water partition coefficient (Wildman–Crippen LogP) is 0.788. The Labute approximate surface area is 151 Å².